The third-order valence-electron chi connectivity index (χ3n) is 4.38. The summed E-state index contributed by atoms with van der Waals surface area (Å²) in [6.45, 7) is 9.12. The zero-order valence-electron chi connectivity index (χ0n) is 15.6. The lowest BCUT2D eigenvalue weighted by Crippen LogP contribution is -2.46. The lowest BCUT2D eigenvalue weighted by molar-refractivity contribution is -0.121. The van der Waals surface area contributed by atoms with Crippen molar-refractivity contribution in [2.24, 2.45) is 0 Å². The maximum absolute atomic E-state index is 12.5. The van der Waals surface area contributed by atoms with Gasteiger partial charge < -0.3 is 15.0 Å². The molecule has 1 N–H and O–H groups in total. The van der Waals surface area contributed by atoms with Gasteiger partial charge in [0.2, 0.25) is 5.91 Å². The minimum Gasteiger partial charge on any atom is -0.372 e. The van der Waals surface area contributed by atoms with Crippen LogP contribution in [0.15, 0.2) is 36.9 Å². The van der Waals surface area contributed by atoms with Crippen molar-refractivity contribution in [3.05, 3.63) is 42.6 Å². The normalized spacial score (nSPS) is 20.7. The molecule has 3 atom stereocenters. The predicted molar refractivity (Wildman–Crippen MR) is 103 cm³/mol. The summed E-state index contributed by atoms with van der Waals surface area (Å²) in [5.41, 5.74) is 1.76. The number of hydrogen-bond donors (Lipinski definition) is 1. The Morgan fingerprint density at radius 2 is 2.00 bits per heavy atom. The molecule has 7 nitrogen and oxygen atoms in total. The Bertz CT molecular complexity index is 882. The smallest absolute Gasteiger partial charge is 0.243 e. The fourth-order valence-electron chi connectivity index (χ4n) is 3.30. The van der Waals surface area contributed by atoms with Crippen molar-refractivity contribution in [1.29, 1.82) is 5.26 Å². The number of fused-ring (bicyclic) bond motifs is 1. The molecule has 7 heteroatoms. The topological polar surface area (TPSA) is 91.1 Å². The van der Waals surface area contributed by atoms with E-state index >= 15 is 0 Å². The van der Waals surface area contributed by atoms with Gasteiger partial charge in [0, 0.05) is 19.6 Å². The van der Waals surface area contributed by atoms with Crippen molar-refractivity contribution >= 4 is 22.8 Å². The zero-order chi connectivity index (χ0) is 19.4. The van der Waals surface area contributed by atoms with Gasteiger partial charge in [0.1, 0.15) is 5.69 Å². The molecule has 1 aromatic heterocycles. The molecular weight excluding hydrogens is 342 g/mol. The maximum Gasteiger partial charge on any atom is 0.243 e. The largest absolute Gasteiger partial charge is 0.372 e. The lowest BCUT2D eigenvalue weighted by atomic mass is 10.0. The SMILES string of the molecule is C=CCNC(=O)C(C#N)c1nc2ccccc2nc1N1CC(C)OC(C)C1. The van der Waals surface area contributed by atoms with Crippen LogP contribution in [-0.4, -0.2) is 47.7 Å². The lowest BCUT2D eigenvalue weighted by Gasteiger charge is -2.37. The second kappa shape index (κ2) is 8.14. The number of benzene rings is 1. The molecule has 1 saturated heterocycles. The van der Waals surface area contributed by atoms with E-state index in [1.165, 1.54) is 0 Å². The molecule has 1 amide bonds. The van der Waals surface area contributed by atoms with E-state index in [1.54, 1.807) is 6.08 Å². The second-order valence-corrected chi connectivity index (χ2v) is 6.68. The Morgan fingerprint density at radius 3 is 2.59 bits per heavy atom. The quantitative estimate of drug-likeness (QED) is 0.817. The predicted octanol–water partition coefficient (Wildman–Crippen LogP) is 2.15. The summed E-state index contributed by atoms with van der Waals surface area (Å²) in [4.78, 5) is 24.0. The first kappa shape index (κ1) is 18.8. The van der Waals surface area contributed by atoms with Gasteiger partial charge in [0.25, 0.3) is 0 Å². The fraction of sp³-hybridized carbons (Fsp3) is 0.400. The van der Waals surface area contributed by atoms with Crippen molar-refractivity contribution < 1.29 is 9.53 Å². The fourth-order valence-corrected chi connectivity index (χ4v) is 3.30. The standard InChI is InChI=1S/C20H23N5O2/c1-4-9-22-20(26)15(10-21)18-19(25-11-13(2)27-14(3)12-25)24-17-8-6-5-7-16(17)23-18/h4-8,13-15H,1,9,11-12H2,2-3H3,(H,22,26). The Balaban J connectivity index is 2.09. The number of anilines is 1. The van der Waals surface area contributed by atoms with Crippen LogP contribution in [0.25, 0.3) is 11.0 Å². The van der Waals surface area contributed by atoms with Crippen LogP contribution in [0, 0.1) is 11.3 Å². The third kappa shape index (κ3) is 4.07. The number of hydrogen-bond acceptors (Lipinski definition) is 6. The summed E-state index contributed by atoms with van der Waals surface area (Å²) in [5.74, 6) is -0.890. The van der Waals surface area contributed by atoms with Gasteiger partial charge in [0.05, 0.1) is 29.3 Å². The Labute approximate surface area is 158 Å². The number of carbonyl (C=O) groups excluding carboxylic acids is 1. The average Bonchev–Trinajstić information content (AvgIpc) is 2.65. The van der Waals surface area contributed by atoms with Crippen LogP contribution in [0.2, 0.25) is 0 Å². The molecule has 2 aromatic rings. The van der Waals surface area contributed by atoms with Gasteiger partial charge in [-0.2, -0.15) is 5.26 Å². The van der Waals surface area contributed by atoms with E-state index in [4.69, 9.17) is 9.72 Å². The first-order valence-corrected chi connectivity index (χ1v) is 8.98. The average molecular weight is 365 g/mol. The highest BCUT2D eigenvalue weighted by Crippen LogP contribution is 2.29. The number of nitrogens with one attached hydrogen (secondary N) is 1. The summed E-state index contributed by atoms with van der Waals surface area (Å²) in [5, 5.41) is 12.4. The highest BCUT2D eigenvalue weighted by atomic mass is 16.5. The number of nitriles is 1. The Kier molecular flexibility index (Phi) is 5.67. The summed E-state index contributed by atoms with van der Waals surface area (Å²) >= 11 is 0. The molecule has 3 rings (SSSR count). The number of ether oxygens (including phenoxy) is 1. The highest BCUT2D eigenvalue weighted by Gasteiger charge is 2.31. The van der Waals surface area contributed by atoms with Gasteiger partial charge in [-0.1, -0.05) is 18.2 Å². The number of morpholine rings is 1. The van der Waals surface area contributed by atoms with Crippen LogP contribution in [0.3, 0.4) is 0 Å². The Morgan fingerprint density at radius 1 is 1.37 bits per heavy atom. The molecule has 0 bridgehead atoms. The maximum atomic E-state index is 12.5. The van der Waals surface area contributed by atoms with Crippen LogP contribution in [0.5, 0.6) is 0 Å². The summed E-state index contributed by atoms with van der Waals surface area (Å²) in [6, 6.07) is 9.55. The summed E-state index contributed by atoms with van der Waals surface area (Å²) < 4.78 is 5.81. The molecule has 0 spiro atoms. The van der Waals surface area contributed by atoms with Crippen molar-refractivity contribution in [1.82, 2.24) is 15.3 Å². The van der Waals surface area contributed by atoms with Crippen LogP contribution < -0.4 is 10.2 Å². The van der Waals surface area contributed by atoms with Crippen molar-refractivity contribution in [2.45, 2.75) is 32.0 Å². The number of amides is 1. The molecule has 2 heterocycles. The van der Waals surface area contributed by atoms with Crippen LogP contribution in [0.4, 0.5) is 5.82 Å². The minimum atomic E-state index is -1.05. The minimum absolute atomic E-state index is 0.0185. The molecular formula is C20H23N5O2. The third-order valence-corrected chi connectivity index (χ3v) is 4.38. The first-order valence-electron chi connectivity index (χ1n) is 8.98. The molecule has 27 heavy (non-hydrogen) atoms. The monoisotopic (exact) mass is 365 g/mol. The van der Waals surface area contributed by atoms with Crippen molar-refractivity contribution in [3.8, 4) is 6.07 Å². The molecule has 0 saturated carbocycles. The molecule has 140 valence electrons. The molecule has 1 aromatic carbocycles. The van der Waals surface area contributed by atoms with E-state index in [9.17, 15) is 10.1 Å². The van der Waals surface area contributed by atoms with Crippen LogP contribution >= 0.6 is 0 Å². The van der Waals surface area contributed by atoms with E-state index in [2.05, 4.69) is 27.8 Å². The van der Waals surface area contributed by atoms with Gasteiger partial charge in [-0.25, -0.2) is 9.97 Å². The highest BCUT2D eigenvalue weighted by molar-refractivity contribution is 5.89. The summed E-state index contributed by atoms with van der Waals surface area (Å²) in [6.07, 6.45) is 1.61. The van der Waals surface area contributed by atoms with Gasteiger partial charge in [0.15, 0.2) is 11.7 Å². The van der Waals surface area contributed by atoms with E-state index < -0.39 is 11.8 Å². The van der Waals surface area contributed by atoms with Gasteiger partial charge in [-0.05, 0) is 26.0 Å². The van der Waals surface area contributed by atoms with Crippen LogP contribution in [-0.2, 0) is 9.53 Å². The van der Waals surface area contributed by atoms with Gasteiger partial charge in [-0.15, -0.1) is 6.58 Å². The number of rotatable bonds is 5. The summed E-state index contributed by atoms with van der Waals surface area (Å²) in [7, 11) is 0. The number of para-hydroxylation sites is 2. The second-order valence-electron chi connectivity index (χ2n) is 6.68. The van der Waals surface area contributed by atoms with Crippen molar-refractivity contribution in [2.75, 3.05) is 24.5 Å². The number of nitrogens with zero attached hydrogens (tertiary/aromatic N) is 4. The Hall–Kier alpha value is -2.98. The van der Waals surface area contributed by atoms with E-state index in [0.29, 0.717) is 36.7 Å². The molecule has 0 radical (unpaired) electrons. The van der Waals surface area contributed by atoms with E-state index in [-0.39, 0.29) is 12.2 Å². The van der Waals surface area contributed by atoms with Crippen molar-refractivity contribution in [3.63, 3.8) is 0 Å². The van der Waals surface area contributed by atoms with Gasteiger partial charge in [-0.3, -0.25) is 4.79 Å². The van der Waals surface area contributed by atoms with Gasteiger partial charge >= 0.3 is 0 Å². The van der Waals surface area contributed by atoms with E-state index in [1.807, 2.05) is 38.1 Å². The van der Waals surface area contributed by atoms with E-state index in [0.717, 1.165) is 5.52 Å². The van der Waals surface area contributed by atoms with Crippen LogP contribution in [0.1, 0.15) is 25.5 Å². The molecule has 0 aliphatic carbocycles. The molecule has 1 fully saturated rings. The first-order chi connectivity index (χ1) is 13.0. The molecule has 3 unspecified atom stereocenters. The zero-order valence-corrected chi connectivity index (χ0v) is 15.6. The number of aromatic nitrogens is 2. The molecule has 1 aliphatic rings. The molecule has 1 aliphatic heterocycles. The number of carbonyl (C=O) groups is 1.